The third kappa shape index (κ3) is 3.61. The van der Waals surface area contributed by atoms with Gasteiger partial charge in [0.2, 0.25) is 0 Å². The average Bonchev–Trinajstić information content (AvgIpc) is 2.46. The lowest BCUT2D eigenvalue weighted by molar-refractivity contribution is 0.101. The molecule has 0 spiro atoms. The van der Waals surface area contributed by atoms with Crippen molar-refractivity contribution in [3.8, 4) is 11.5 Å². The van der Waals surface area contributed by atoms with E-state index in [2.05, 4.69) is 15.9 Å². The van der Waals surface area contributed by atoms with Crippen LogP contribution in [0.3, 0.4) is 0 Å². The average molecular weight is 335 g/mol. The van der Waals surface area contributed by atoms with Gasteiger partial charge in [0.1, 0.15) is 18.1 Å². The zero-order valence-corrected chi connectivity index (χ0v) is 12.9. The normalized spacial score (nSPS) is 10.2. The number of carbonyl (C=O) groups is 1. The molecule has 2 aromatic rings. The third-order valence-electron chi connectivity index (χ3n) is 2.85. The largest absolute Gasteiger partial charge is 0.497 e. The summed E-state index contributed by atoms with van der Waals surface area (Å²) >= 11 is 3.36. The molecule has 0 aromatic heterocycles. The zero-order valence-electron chi connectivity index (χ0n) is 11.4. The molecule has 3 nitrogen and oxygen atoms in total. The Balaban J connectivity index is 2.16. The quantitative estimate of drug-likeness (QED) is 0.767. The van der Waals surface area contributed by atoms with E-state index in [-0.39, 0.29) is 5.78 Å². The predicted octanol–water partition coefficient (Wildman–Crippen LogP) is 4.24. The maximum atomic E-state index is 11.6. The molecule has 0 heterocycles. The van der Waals surface area contributed by atoms with Crippen molar-refractivity contribution in [1.29, 1.82) is 0 Å². The van der Waals surface area contributed by atoms with Gasteiger partial charge in [-0.1, -0.05) is 28.1 Å². The van der Waals surface area contributed by atoms with Gasteiger partial charge in [-0.3, -0.25) is 4.79 Å². The van der Waals surface area contributed by atoms with Crippen LogP contribution < -0.4 is 9.47 Å². The number of halogens is 1. The molecule has 0 aliphatic carbocycles. The molecule has 0 N–H and O–H groups in total. The minimum atomic E-state index is -0.0213. The van der Waals surface area contributed by atoms with Crippen LogP contribution in [-0.4, -0.2) is 12.9 Å². The Kier molecular flexibility index (Phi) is 4.79. The summed E-state index contributed by atoms with van der Waals surface area (Å²) in [5.41, 5.74) is 1.56. The van der Waals surface area contributed by atoms with Crippen molar-refractivity contribution in [3.63, 3.8) is 0 Å². The number of benzene rings is 2. The van der Waals surface area contributed by atoms with Gasteiger partial charge < -0.3 is 9.47 Å². The first-order valence-electron chi connectivity index (χ1n) is 6.16. The van der Waals surface area contributed by atoms with Crippen molar-refractivity contribution in [2.75, 3.05) is 7.11 Å². The summed E-state index contributed by atoms with van der Waals surface area (Å²) in [6, 6.07) is 13.1. The third-order valence-corrected chi connectivity index (χ3v) is 3.34. The molecule has 20 heavy (non-hydrogen) atoms. The fourth-order valence-corrected chi connectivity index (χ4v) is 2.19. The van der Waals surface area contributed by atoms with Crippen LogP contribution in [0.4, 0.5) is 0 Å². The maximum absolute atomic E-state index is 11.6. The number of hydrogen-bond acceptors (Lipinski definition) is 3. The summed E-state index contributed by atoms with van der Waals surface area (Å²) in [6.07, 6.45) is 0. The first kappa shape index (κ1) is 14.6. The molecule has 0 saturated carbocycles. The molecule has 0 bridgehead atoms. The molecular weight excluding hydrogens is 320 g/mol. The van der Waals surface area contributed by atoms with E-state index in [1.54, 1.807) is 19.2 Å². The van der Waals surface area contributed by atoms with Crippen LogP contribution in [0.25, 0.3) is 0 Å². The predicted molar refractivity (Wildman–Crippen MR) is 81.5 cm³/mol. The van der Waals surface area contributed by atoms with Gasteiger partial charge in [0.05, 0.1) is 12.7 Å². The Morgan fingerprint density at radius 2 is 2.00 bits per heavy atom. The lowest BCUT2D eigenvalue weighted by atomic mass is 10.1. The standard InChI is InChI=1S/C16H15BrO3/c1-11(18)15-9-13(17)6-7-16(15)20-10-12-4-3-5-14(8-12)19-2/h3-9H,10H2,1-2H3. The molecule has 0 atom stereocenters. The Morgan fingerprint density at radius 1 is 1.20 bits per heavy atom. The minimum Gasteiger partial charge on any atom is -0.497 e. The highest BCUT2D eigenvalue weighted by Crippen LogP contribution is 2.25. The fourth-order valence-electron chi connectivity index (χ4n) is 1.83. The van der Waals surface area contributed by atoms with Crippen molar-refractivity contribution in [2.45, 2.75) is 13.5 Å². The molecule has 0 radical (unpaired) electrons. The van der Waals surface area contributed by atoms with E-state index in [0.717, 1.165) is 15.8 Å². The molecule has 2 rings (SSSR count). The Labute approximate surface area is 126 Å². The molecule has 0 amide bonds. The highest BCUT2D eigenvalue weighted by Gasteiger charge is 2.09. The van der Waals surface area contributed by atoms with Gasteiger partial charge in [-0.05, 0) is 42.8 Å². The lowest BCUT2D eigenvalue weighted by Gasteiger charge is -2.11. The van der Waals surface area contributed by atoms with Gasteiger partial charge in [-0.2, -0.15) is 0 Å². The second-order valence-corrected chi connectivity index (χ2v) is 5.25. The number of methoxy groups -OCH3 is 1. The van der Waals surface area contributed by atoms with E-state index in [1.165, 1.54) is 6.92 Å². The van der Waals surface area contributed by atoms with Crippen LogP contribution in [-0.2, 0) is 6.61 Å². The van der Waals surface area contributed by atoms with Crippen molar-refractivity contribution < 1.29 is 14.3 Å². The second kappa shape index (κ2) is 6.57. The van der Waals surface area contributed by atoms with Gasteiger partial charge in [-0.25, -0.2) is 0 Å². The van der Waals surface area contributed by atoms with E-state index in [9.17, 15) is 4.79 Å². The van der Waals surface area contributed by atoms with Crippen molar-refractivity contribution in [3.05, 3.63) is 58.1 Å². The van der Waals surface area contributed by atoms with Gasteiger partial charge in [-0.15, -0.1) is 0 Å². The van der Waals surface area contributed by atoms with Crippen molar-refractivity contribution >= 4 is 21.7 Å². The number of carbonyl (C=O) groups excluding carboxylic acids is 1. The van der Waals surface area contributed by atoms with Crippen LogP contribution in [0.1, 0.15) is 22.8 Å². The molecule has 104 valence electrons. The van der Waals surface area contributed by atoms with Crippen LogP contribution in [0, 0.1) is 0 Å². The molecule has 0 fully saturated rings. The number of Topliss-reactive ketones (excluding diaryl/α,β-unsaturated/α-hetero) is 1. The summed E-state index contributed by atoms with van der Waals surface area (Å²) in [4.78, 5) is 11.6. The molecule has 0 saturated heterocycles. The molecule has 2 aromatic carbocycles. The number of rotatable bonds is 5. The van der Waals surface area contributed by atoms with Gasteiger partial charge in [0.25, 0.3) is 0 Å². The number of hydrogen-bond donors (Lipinski definition) is 0. The highest BCUT2D eigenvalue weighted by molar-refractivity contribution is 9.10. The SMILES string of the molecule is COc1cccc(COc2ccc(Br)cc2C(C)=O)c1. The molecular formula is C16H15BrO3. The lowest BCUT2D eigenvalue weighted by Crippen LogP contribution is -2.02. The van der Waals surface area contributed by atoms with Gasteiger partial charge >= 0.3 is 0 Å². The van der Waals surface area contributed by atoms with Crippen LogP contribution in [0.15, 0.2) is 46.9 Å². The van der Waals surface area contributed by atoms with E-state index in [1.807, 2.05) is 30.3 Å². The van der Waals surface area contributed by atoms with Crippen LogP contribution in [0.5, 0.6) is 11.5 Å². The van der Waals surface area contributed by atoms with Gasteiger partial charge in [0, 0.05) is 4.47 Å². The Bertz CT molecular complexity index is 623. The van der Waals surface area contributed by atoms with Gasteiger partial charge in [0.15, 0.2) is 5.78 Å². The van der Waals surface area contributed by atoms with Crippen LogP contribution >= 0.6 is 15.9 Å². The first-order chi connectivity index (χ1) is 9.60. The summed E-state index contributed by atoms with van der Waals surface area (Å²) < 4.78 is 11.8. The summed E-state index contributed by atoms with van der Waals surface area (Å²) in [5.74, 6) is 1.35. The van der Waals surface area contributed by atoms with Crippen molar-refractivity contribution in [2.24, 2.45) is 0 Å². The summed E-state index contributed by atoms with van der Waals surface area (Å²) in [5, 5.41) is 0. The Hall–Kier alpha value is -1.81. The molecule has 0 unspecified atom stereocenters. The minimum absolute atomic E-state index is 0.0213. The Morgan fingerprint density at radius 3 is 2.70 bits per heavy atom. The van der Waals surface area contributed by atoms with E-state index in [4.69, 9.17) is 9.47 Å². The number of ether oxygens (including phenoxy) is 2. The molecule has 0 aliphatic rings. The van der Waals surface area contributed by atoms with E-state index in [0.29, 0.717) is 17.9 Å². The summed E-state index contributed by atoms with van der Waals surface area (Å²) in [6.45, 7) is 1.92. The smallest absolute Gasteiger partial charge is 0.163 e. The van der Waals surface area contributed by atoms with E-state index < -0.39 is 0 Å². The maximum Gasteiger partial charge on any atom is 0.163 e. The zero-order chi connectivity index (χ0) is 14.5. The topological polar surface area (TPSA) is 35.5 Å². The summed E-state index contributed by atoms with van der Waals surface area (Å²) in [7, 11) is 1.63. The van der Waals surface area contributed by atoms with Crippen molar-refractivity contribution in [1.82, 2.24) is 0 Å². The highest BCUT2D eigenvalue weighted by atomic mass is 79.9. The van der Waals surface area contributed by atoms with Crippen LogP contribution in [0.2, 0.25) is 0 Å². The van der Waals surface area contributed by atoms with E-state index >= 15 is 0 Å². The second-order valence-electron chi connectivity index (χ2n) is 4.34. The number of ketones is 1. The first-order valence-corrected chi connectivity index (χ1v) is 6.95. The molecule has 0 aliphatic heterocycles. The monoisotopic (exact) mass is 334 g/mol. The molecule has 4 heteroatoms. The fraction of sp³-hybridized carbons (Fsp3) is 0.188.